The van der Waals surface area contributed by atoms with Crippen LogP contribution in [-0.2, 0) is 0 Å². The van der Waals surface area contributed by atoms with Crippen LogP contribution in [0.25, 0.3) is 0 Å². The highest BCUT2D eigenvalue weighted by Crippen LogP contribution is 2.33. The van der Waals surface area contributed by atoms with Crippen molar-refractivity contribution in [2.45, 2.75) is 13.8 Å². The van der Waals surface area contributed by atoms with Crippen molar-refractivity contribution in [2.75, 3.05) is 5.73 Å². The Labute approximate surface area is 125 Å². The molecule has 1 amide bonds. The van der Waals surface area contributed by atoms with Gasteiger partial charge in [-0.2, -0.15) is 0 Å². The van der Waals surface area contributed by atoms with Gasteiger partial charge in [0.25, 0.3) is 0 Å². The Bertz CT molecular complexity index is 663. The van der Waals surface area contributed by atoms with Gasteiger partial charge in [-0.3, -0.25) is 4.79 Å². The van der Waals surface area contributed by atoms with Crippen LogP contribution in [0, 0.1) is 13.8 Å². The minimum Gasteiger partial charge on any atom is -0.437 e. The minimum absolute atomic E-state index is 0.414. The Morgan fingerprint density at radius 1 is 1.25 bits per heavy atom. The van der Waals surface area contributed by atoms with Gasteiger partial charge in [0.1, 0.15) is 5.75 Å². The number of nitrogens with two attached hydrogens (primary N) is 2. The van der Waals surface area contributed by atoms with Gasteiger partial charge >= 0.3 is 0 Å². The zero-order valence-corrected chi connectivity index (χ0v) is 12.7. The molecule has 5 nitrogen and oxygen atoms in total. The quantitative estimate of drug-likeness (QED) is 0.901. The molecule has 0 fully saturated rings. The summed E-state index contributed by atoms with van der Waals surface area (Å²) in [7, 11) is 0. The summed E-state index contributed by atoms with van der Waals surface area (Å²) in [5, 5.41) is 0. The van der Waals surface area contributed by atoms with Gasteiger partial charge < -0.3 is 16.2 Å². The molecule has 1 heterocycles. The summed E-state index contributed by atoms with van der Waals surface area (Å²) in [6, 6.07) is 5.09. The second kappa shape index (κ2) is 5.50. The number of hydrogen-bond acceptors (Lipinski definition) is 4. The third-order valence-corrected chi connectivity index (χ3v) is 3.34. The predicted molar refractivity (Wildman–Crippen MR) is 80.9 cm³/mol. The van der Waals surface area contributed by atoms with Crippen molar-refractivity contribution in [3.63, 3.8) is 0 Å². The van der Waals surface area contributed by atoms with Crippen molar-refractivity contribution < 1.29 is 9.53 Å². The number of nitrogens with zero attached hydrogens (tertiary/aromatic N) is 1. The fourth-order valence-corrected chi connectivity index (χ4v) is 2.31. The molecule has 4 N–H and O–H groups in total. The summed E-state index contributed by atoms with van der Waals surface area (Å²) in [5.41, 5.74) is 13.5. The Morgan fingerprint density at radius 3 is 2.35 bits per heavy atom. The number of aryl methyl sites for hydroxylation is 2. The maximum absolute atomic E-state index is 11.2. The van der Waals surface area contributed by atoms with E-state index in [2.05, 4.69) is 20.9 Å². The van der Waals surface area contributed by atoms with Gasteiger partial charge in [0.15, 0.2) is 0 Å². The Morgan fingerprint density at radius 2 is 1.85 bits per heavy atom. The zero-order valence-electron chi connectivity index (χ0n) is 11.1. The molecule has 1 aromatic carbocycles. The Kier molecular flexibility index (Phi) is 3.94. The third kappa shape index (κ3) is 2.91. The average Bonchev–Trinajstić information content (AvgIpc) is 2.35. The molecule has 0 unspecified atom stereocenters. The number of hydrogen-bond donors (Lipinski definition) is 2. The molecular formula is C14H14BrN3O2. The van der Waals surface area contributed by atoms with Gasteiger partial charge in [0.05, 0.1) is 16.4 Å². The molecule has 2 rings (SSSR count). The molecule has 6 heteroatoms. The molecule has 104 valence electrons. The Balaban J connectivity index is 2.41. The normalized spacial score (nSPS) is 10.3. The van der Waals surface area contributed by atoms with Gasteiger partial charge in [-0.1, -0.05) is 0 Å². The highest BCUT2D eigenvalue weighted by molar-refractivity contribution is 9.10. The maximum atomic E-state index is 11.2. The van der Waals surface area contributed by atoms with Crippen LogP contribution in [0.1, 0.15) is 21.5 Å². The lowest BCUT2D eigenvalue weighted by Crippen LogP contribution is -2.11. The standard InChI is InChI=1S/C14H14BrN3O2/c1-7-3-9(13(17)19)4-8(2)12(7)20-14-11(15)5-10(16)6-18-14/h3-6H,16H2,1-2H3,(H2,17,19). The summed E-state index contributed by atoms with van der Waals surface area (Å²) in [5.74, 6) is 0.597. The average molecular weight is 336 g/mol. The van der Waals surface area contributed by atoms with E-state index < -0.39 is 5.91 Å². The second-order valence-electron chi connectivity index (χ2n) is 4.46. The van der Waals surface area contributed by atoms with Crippen LogP contribution < -0.4 is 16.2 Å². The number of carbonyl (C=O) groups excluding carboxylic acids is 1. The van der Waals surface area contributed by atoms with E-state index in [1.54, 1.807) is 18.2 Å². The molecule has 0 aliphatic carbocycles. The number of amides is 1. The fourth-order valence-electron chi connectivity index (χ4n) is 1.87. The first-order chi connectivity index (χ1) is 9.38. The van der Waals surface area contributed by atoms with E-state index in [-0.39, 0.29) is 0 Å². The number of benzene rings is 1. The van der Waals surface area contributed by atoms with Crippen molar-refractivity contribution >= 4 is 27.5 Å². The molecule has 1 aromatic heterocycles. The third-order valence-electron chi connectivity index (χ3n) is 2.77. The smallest absolute Gasteiger partial charge is 0.248 e. The molecule has 0 spiro atoms. The predicted octanol–water partition coefficient (Wildman–Crippen LogP) is 2.93. The van der Waals surface area contributed by atoms with Crippen LogP contribution in [0.5, 0.6) is 11.6 Å². The first-order valence-corrected chi connectivity index (χ1v) is 6.67. The maximum Gasteiger partial charge on any atom is 0.248 e. The van der Waals surface area contributed by atoms with Gasteiger partial charge in [0, 0.05) is 5.56 Å². The highest BCUT2D eigenvalue weighted by atomic mass is 79.9. The lowest BCUT2D eigenvalue weighted by molar-refractivity contribution is 0.1000. The highest BCUT2D eigenvalue weighted by Gasteiger charge is 2.12. The first kappa shape index (κ1) is 14.3. The van der Waals surface area contributed by atoms with Crippen LogP contribution in [0.2, 0.25) is 0 Å². The van der Waals surface area contributed by atoms with E-state index in [9.17, 15) is 4.79 Å². The van der Waals surface area contributed by atoms with Crippen molar-refractivity contribution in [1.29, 1.82) is 0 Å². The number of rotatable bonds is 3. The van der Waals surface area contributed by atoms with Crippen molar-refractivity contribution in [3.05, 3.63) is 45.6 Å². The van der Waals surface area contributed by atoms with Gasteiger partial charge in [-0.25, -0.2) is 4.98 Å². The number of anilines is 1. The van der Waals surface area contributed by atoms with Crippen LogP contribution in [0.4, 0.5) is 5.69 Å². The lowest BCUT2D eigenvalue weighted by atomic mass is 10.1. The van der Waals surface area contributed by atoms with Crippen LogP contribution in [0.3, 0.4) is 0 Å². The number of pyridine rings is 1. The summed E-state index contributed by atoms with van der Waals surface area (Å²) >= 11 is 3.35. The van der Waals surface area contributed by atoms with E-state index in [1.807, 2.05) is 13.8 Å². The molecule has 0 aliphatic heterocycles. The minimum atomic E-state index is -0.463. The number of primary amides is 1. The van der Waals surface area contributed by atoms with Crippen molar-refractivity contribution in [3.8, 4) is 11.6 Å². The number of nitrogen functional groups attached to an aromatic ring is 1. The molecule has 0 saturated carbocycles. The molecule has 0 saturated heterocycles. The zero-order chi connectivity index (χ0) is 14.9. The monoisotopic (exact) mass is 335 g/mol. The Hall–Kier alpha value is -2.08. The molecule has 2 aromatic rings. The molecular weight excluding hydrogens is 322 g/mol. The van der Waals surface area contributed by atoms with Gasteiger partial charge in [-0.15, -0.1) is 0 Å². The lowest BCUT2D eigenvalue weighted by Gasteiger charge is -2.13. The van der Waals surface area contributed by atoms with Crippen LogP contribution in [-0.4, -0.2) is 10.9 Å². The first-order valence-electron chi connectivity index (χ1n) is 5.88. The van der Waals surface area contributed by atoms with Crippen LogP contribution >= 0.6 is 15.9 Å². The molecule has 0 radical (unpaired) electrons. The number of halogens is 1. The van der Waals surface area contributed by atoms with Crippen LogP contribution in [0.15, 0.2) is 28.9 Å². The number of carbonyl (C=O) groups is 1. The van der Waals surface area contributed by atoms with E-state index >= 15 is 0 Å². The molecule has 0 aliphatic rings. The van der Waals surface area contributed by atoms with E-state index in [1.165, 1.54) is 6.20 Å². The van der Waals surface area contributed by atoms with E-state index in [0.29, 0.717) is 27.4 Å². The van der Waals surface area contributed by atoms with E-state index in [0.717, 1.165) is 11.1 Å². The number of ether oxygens (including phenoxy) is 1. The summed E-state index contributed by atoms with van der Waals surface area (Å²) in [6.45, 7) is 3.69. The molecule has 0 atom stereocenters. The largest absolute Gasteiger partial charge is 0.437 e. The summed E-state index contributed by atoms with van der Waals surface area (Å²) in [4.78, 5) is 15.3. The topological polar surface area (TPSA) is 91.2 Å². The fraction of sp³-hybridized carbons (Fsp3) is 0.143. The molecule has 0 bridgehead atoms. The summed E-state index contributed by atoms with van der Waals surface area (Å²) < 4.78 is 6.46. The SMILES string of the molecule is Cc1cc(C(N)=O)cc(C)c1Oc1ncc(N)cc1Br. The molecule has 20 heavy (non-hydrogen) atoms. The van der Waals surface area contributed by atoms with Gasteiger partial charge in [-0.05, 0) is 59.1 Å². The van der Waals surface area contributed by atoms with Crippen molar-refractivity contribution in [1.82, 2.24) is 4.98 Å². The van der Waals surface area contributed by atoms with E-state index in [4.69, 9.17) is 16.2 Å². The van der Waals surface area contributed by atoms with Crippen molar-refractivity contribution in [2.24, 2.45) is 5.73 Å². The second-order valence-corrected chi connectivity index (χ2v) is 5.32. The number of aromatic nitrogens is 1. The van der Waals surface area contributed by atoms with Gasteiger partial charge in [0.2, 0.25) is 11.8 Å². The summed E-state index contributed by atoms with van der Waals surface area (Å²) in [6.07, 6.45) is 1.52.